The Hall–Kier alpha value is -3.24. The van der Waals surface area contributed by atoms with Gasteiger partial charge in [-0.3, -0.25) is 19.1 Å². The lowest BCUT2D eigenvalue weighted by Crippen LogP contribution is -2.45. The smallest absolute Gasteiger partial charge is 0.342 e. The highest BCUT2D eigenvalue weighted by atomic mass is 32.1. The fraction of sp³-hybridized carbons (Fsp3) is 0.452. The molecule has 232 valence electrons. The van der Waals surface area contributed by atoms with Crippen molar-refractivity contribution in [1.29, 1.82) is 0 Å². The first-order valence-electron chi connectivity index (χ1n) is 13.7. The number of hydrogen-bond donors (Lipinski definition) is 1. The van der Waals surface area contributed by atoms with Crippen LogP contribution in [0.4, 0.5) is 4.39 Å². The van der Waals surface area contributed by atoms with Gasteiger partial charge in [-0.15, -0.1) is 11.3 Å². The first-order valence-corrected chi connectivity index (χ1v) is 15.3. The molecule has 12 heteroatoms. The molecule has 0 aliphatic carbocycles. The molecule has 1 heterocycles. The molecule has 0 aliphatic heterocycles. The minimum Gasteiger partial charge on any atom is -0.438 e. The van der Waals surface area contributed by atoms with Crippen LogP contribution in [0.1, 0.15) is 69.6 Å². The number of esters is 2. The molecule has 2 atom stereocenters. The van der Waals surface area contributed by atoms with Gasteiger partial charge >= 0.3 is 26.6 Å². The Bertz CT molecular complexity index is 1410. The quantitative estimate of drug-likeness (QED) is 0.119. The highest BCUT2D eigenvalue weighted by Gasteiger charge is 2.42. The highest BCUT2D eigenvalue weighted by Crippen LogP contribution is 2.32. The molecule has 0 aliphatic rings. The molecule has 3 aromatic rings. The molecule has 0 radical (unpaired) electrons. The van der Waals surface area contributed by atoms with E-state index in [0.717, 1.165) is 10.1 Å². The van der Waals surface area contributed by atoms with Crippen molar-refractivity contribution in [2.45, 2.75) is 72.8 Å². The van der Waals surface area contributed by atoms with Crippen molar-refractivity contribution in [2.75, 3.05) is 6.79 Å². The van der Waals surface area contributed by atoms with Gasteiger partial charge in [-0.1, -0.05) is 30.3 Å². The van der Waals surface area contributed by atoms with Crippen molar-refractivity contribution in [2.24, 2.45) is 10.8 Å². The average molecular weight is 634 g/mol. The van der Waals surface area contributed by atoms with Gasteiger partial charge in [0.2, 0.25) is 0 Å². The third kappa shape index (κ3) is 10.2. The predicted octanol–water partition coefficient (Wildman–Crippen LogP) is 7.19. The lowest BCUT2D eigenvalue weighted by Gasteiger charge is -2.33. The SMILES string of the molecule is CC(C)(C)C(=O)OCOC(CCC(Cc1cccc(F)c1)NC(=O)c1cc2ccccc2s1)(OP=O)OC(=O)C(C)(C)C. The molecule has 0 bridgehead atoms. The van der Waals surface area contributed by atoms with E-state index in [9.17, 15) is 23.3 Å². The van der Waals surface area contributed by atoms with Crippen LogP contribution in [-0.4, -0.2) is 36.7 Å². The second kappa shape index (κ2) is 14.5. The van der Waals surface area contributed by atoms with Crippen molar-refractivity contribution in [3.63, 3.8) is 0 Å². The topological polar surface area (TPSA) is 117 Å². The van der Waals surface area contributed by atoms with Crippen LogP contribution < -0.4 is 5.32 Å². The first kappa shape index (κ1) is 34.3. The lowest BCUT2D eigenvalue weighted by atomic mass is 9.97. The summed E-state index contributed by atoms with van der Waals surface area (Å²) in [5, 5.41) is 3.91. The summed E-state index contributed by atoms with van der Waals surface area (Å²) in [7, 11) is -0.865. The van der Waals surface area contributed by atoms with Crippen LogP contribution in [0, 0.1) is 16.6 Å². The highest BCUT2D eigenvalue weighted by molar-refractivity contribution is 7.20. The second-order valence-corrected chi connectivity index (χ2v) is 13.5. The van der Waals surface area contributed by atoms with Crippen molar-refractivity contribution in [1.82, 2.24) is 5.32 Å². The maximum absolute atomic E-state index is 14.0. The van der Waals surface area contributed by atoms with E-state index >= 15 is 0 Å². The van der Waals surface area contributed by atoms with Crippen molar-refractivity contribution in [3.05, 3.63) is 70.9 Å². The standard InChI is InChI=1S/C31H37FNO8PS/c1-29(2,3)27(35)38-19-39-31(41-42-37,40-28(36)30(4,5)6)15-14-23(17-20-10-9-12-22(32)16-20)33-26(34)25-18-21-11-7-8-13-24(21)43-25/h7-13,16,18,23H,14-15,17,19H2,1-6H3,(H,33,34). The number of fused-ring (bicyclic) bond motifs is 1. The Kier molecular flexibility index (Phi) is 11.5. The zero-order chi connectivity index (χ0) is 31.8. The molecule has 9 nitrogen and oxygen atoms in total. The summed E-state index contributed by atoms with van der Waals surface area (Å²) < 4.78 is 48.5. The largest absolute Gasteiger partial charge is 0.438 e. The van der Waals surface area contributed by atoms with E-state index in [2.05, 4.69) is 5.32 Å². The van der Waals surface area contributed by atoms with Crippen LogP contribution in [0.2, 0.25) is 0 Å². The number of hydrogen-bond acceptors (Lipinski definition) is 9. The first-order chi connectivity index (χ1) is 20.1. The Morgan fingerprint density at radius 2 is 1.65 bits per heavy atom. The van der Waals surface area contributed by atoms with Crippen molar-refractivity contribution < 1.29 is 42.1 Å². The molecule has 43 heavy (non-hydrogen) atoms. The summed E-state index contributed by atoms with van der Waals surface area (Å²) in [6, 6.07) is 14.7. The van der Waals surface area contributed by atoms with Gasteiger partial charge in [-0.25, -0.2) is 13.5 Å². The summed E-state index contributed by atoms with van der Waals surface area (Å²) in [5.41, 5.74) is -1.21. The van der Waals surface area contributed by atoms with Gasteiger partial charge in [-0.05, 0) is 89.6 Å². The molecular weight excluding hydrogens is 596 g/mol. The number of halogens is 1. The molecule has 2 aromatic carbocycles. The molecular formula is C31H37FNO8PS. The number of rotatable bonds is 13. The van der Waals surface area contributed by atoms with E-state index < -0.39 is 56.1 Å². The van der Waals surface area contributed by atoms with Gasteiger partial charge in [0.1, 0.15) is 5.82 Å². The number of nitrogens with one attached hydrogen (secondary N) is 1. The number of amides is 1. The Balaban J connectivity index is 1.88. The summed E-state index contributed by atoms with van der Waals surface area (Å²) in [6.07, 6.45) is 0.0723. The van der Waals surface area contributed by atoms with E-state index in [1.165, 1.54) is 23.5 Å². The Labute approximate surface area is 256 Å². The molecule has 1 amide bonds. The fourth-order valence-corrected chi connectivity index (χ4v) is 5.12. The number of carbonyl (C=O) groups excluding carboxylic acids is 3. The molecule has 0 saturated carbocycles. The summed E-state index contributed by atoms with van der Waals surface area (Å²) in [4.78, 5) is 39.1. The van der Waals surface area contributed by atoms with Crippen LogP contribution in [0.15, 0.2) is 54.6 Å². The normalized spacial score (nSPS) is 14.2. The van der Waals surface area contributed by atoms with E-state index in [1.807, 2.05) is 24.3 Å². The maximum atomic E-state index is 14.0. The van der Waals surface area contributed by atoms with Gasteiger partial charge in [0.15, 0.2) is 6.79 Å². The minimum atomic E-state index is -2.23. The summed E-state index contributed by atoms with van der Waals surface area (Å²) in [5.74, 6) is -4.31. The number of thiophene rings is 1. The van der Waals surface area contributed by atoms with Gasteiger partial charge < -0.3 is 14.8 Å². The molecule has 0 saturated heterocycles. The van der Waals surface area contributed by atoms with Crippen LogP contribution in [0.25, 0.3) is 10.1 Å². The molecule has 1 N–H and O–H groups in total. The fourth-order valence-electron chi connectivity index (χ4n) is 3.86. The van der Waals surface area contributed by atoms with Gasteiger partial charge in [0, 0.05) is 17.2 Å². The molecule has 1 aromatic heterocycles. The van der Waals surface area contributed by atoms with Gasteiger partial charge in [0.05, 0.1) is 15.7 Å². The summed E-state index contributed by atoms with van der Waals surface area (Å²) in [6.45, 7) is 9.17. The summed E-state index contributed by atoms with van der Waals surface area (Å²) >= 11 is 1.33. The van der Waals surface area contributed by atoms with E-state index in [0.29, 0.717) is 10.4 Å². The average Bonchev–Trinajstić information content (AvgIpc) is 3.35. The third-order valence-electron chi connectivity index (χ3n) is 6.27. The predicted molar refractivity (Wildman–Crippen MR) is 161 cm³/mol. The number of ether oxygens (including phenoxy) is 3. The molecule has 2 unspecified atom stereocenters. The van der Waals surface area contributed by atoms with Crippen LogP contribution in [0.5, 0.6) is 0 Å². The van der Waals surface area contributed by atoms with Crippen LogP contribution in [0.3, 0.4) is 0 Å². The number of benzene rings is 2. The van der Waals surface area contributed by atoms with E-state index in [-0.39, 0.29) is 25.2 Å². The van der Waals surface area contributed by atoms with E-state index in [1.54, 1.807) is 59.7 Å². The zero-order valence-electron chi connectivity index (χ0n) is 25.1. The Morgan fingerprint density at radius 3 is 2.28 bits per heavy atom. The third-order valence-corrected chi connectivity index (χ3v) is 7.74. The second-order valence-electron chi connectivity index (χ2n) is 12.1. The zero-order valence-corrected chi connectivity index (χ0v) is 26.8. The monoisotopic (exact) mass is 633 g/mol. The lowest BCUT2D eigenvalue weighted by molar-refractivity contribution is -0.348. The number of carbonyl (C=O) groups is 3. The van der Waals surface area contributed by atoms with Gasteiger partial charge in [-0.2, -0.15) is 0 Å². The minimum absolute atomic E-state index is 0.0767. The van der Waals surface area contributed by atoms with Crippen molar-refractivity contribution in [3.8, 4) is 0 Å². The van der Waals surface area contributed by atoms with Crippen molar-refractivity contribution >= 4 is 48.0 Å². The Morgan fingerprint density at radius 1 is 0.953 bits per heavy atom. The maximum Gasteiger partial charge on any atom is 0.342 e. The molecule has 0 fully saturated rings. The molecule has 3 rings (SSSR count). The van der Waals surface area contributed by atoms with Gasteiger partial charge in [0.25, 0.3) is 5.91 Å². The van der Waals surface area contributed by atoms with Crippen LogP contribution >= 0.6 is 20.0 Å². The molecule has 0 spiro atoms. The van der Waals surface area contributed by atoms with Crippen LogP contribution in [-0.2, 0) is 39.3 Å². The van der Waals surface area contributed by atoms with E-state index in [4.69, 9.17) is 18.7 Å².